The molecule has 4 nitrogen and oxygen atoms in total. The van der Waals surface area contributed by atoms with Gasteiger partial charge in [0.25, 0.3) is 0 Å². The third-order valence-electron chi connectivity index (χ3n) is 4.59. The number of Topliss-reactive ketones (excluding diaryl/α,β-unsaturated/α-hetero) is 1. The van der Waals surface area contributed by atoms with E-state index >= 15 is 0 Å². The first-order chi connectivity index (χ1) is 11.7. The Morgan fingerprint density at radius 1 is 1.25 bits per heavy atom. The van der Waals surface area contributed by atoms with Crippen LogP contribution >= 0.6 is 0 Å². The average molecular weight is 324 g/mol. The highest BCUT2D eigenvalue weighted by Crippen LogP contribution is 2.30. The number of pyridine rings is 1. The summed E-state index contributed by atoms with van der Waals surface area (Å²) >= 11 is 0. The largest absolute Gasteiger partial charge is 0.492 e. The number of carbonyl (C=O) groups is 1. The number of piperidine rings is 1. The summed E-state index contributed by atoms with van der Waals surface area (Å²) in [5.41, 5.74) is 2.01. The van der Waals surface area contributed by atoms with Crippen LogP contribution in [0.25, 0.3) is 0 Å². The maximum atomic E-state index is 11.3. The minimum absolute atomic E-state index is 0.0779. The zero-order chi connectivity index (χ0) is 16.8. The van der Waals surface area contributed by atoms with Crippen LogP contribution in [-0.2, 0) is 0 Å². The highest BCUT2D eigenvalue weighted by molar-refractivity contribution is 5.94. The van der Waals surface area contributed by atoms with Gasteiger partial charge in [0, 0.05) is 30.5 Å². The van der Waals surface area contributed by atoms with Crippen LogP contribution in [0.2, 0.25) is 0 Å². The van der Waals surface area contributed by atoms with Crippen molar-refractivity contribution in [1.29, 1.82) is 0 Å². The molecule has 1 aliphatic rings. The zero-order valence-corrected chi connectivity index (χ0v) is 14.1. The summed E-state index contributed by atoms with van der Waals surface area (Å²) < 4.78 is 5.86. The summed E-state index contributed by atoms with van der Waals surface area (Å²) in [6.45, 7) is 4.22. The summed E-state index contributed by atoms with van der Waals surface area (Å²) in [7, 11) is 0. The SMILES string of the molecule is CC(=O)c1ccc(OCCN2CCCC[C@H]2c2cccnc2)cc1. The van der Waals surface area contributed by atoms with Gasteiger partial charge in [-0.25, -0.2) is 0 Å². The summed E-state index contributed by atoms with van der Waals surface area (Å²) in [5, 5.41) is 0. The van der Waals surface area contributed by atoms with Gasteiger partial charge >= 0.3 is 0 Å². The van der Waals surface area contributed by atoms with E-state index in [0.29, 0.717) is 12.6 Å². The van der Waals surface area contributed by atoms with E-state index < -0.39 is 0 Å². The summed E-state index contributed by atoms with van der Waals surface area (Å²) in [6.07, 6.45) is 7.49. The maximum absolute atomic E-state index is 11.3. The molecule has 0 N–H and O–H groups in total. The van der Waals surface area contributed by atoms with Crippen molar-refractivity contribution in [3.63, 3.8) is 0 Å². The molecule has 0 radical (unpaired) electrons. The number of aromatic nitrogens is 1. The van der Waals surface area contributed by atoms with Crippen LogP contribution in [0.15, 0.2) is 48.8 Å². The van der Waals surface area contributed by atoms with Crippen molar-refractivity contribution >= 4 is 5.78 Å². The van der Waals surface area contributed by atoms with E-state index in [-0.39, 0.29) is 5.78 Å². The van der Waals surface area contributed by atoms with Crippen molar-refractivity contribution in [3.05, 3.63) is 59.9 Å². The second-order valence-corrected chi connectivity index (χ2v) is 6.26. The number of hydrogen-bond donors (Lipinski definition) is 0. The lowest BCUT2D eigenvalue weighted by atomic mass is 9.96. The lowest BCUT2D eigenvalue weighted by Gasteiger charge is -2.35. The standard InChI is InChI=1S/C20H24N2O2/c1-16(23)17-7-9-19(10-8-17)24-14-13-22-12-3-2-6-20(22)18-5-4-11-21-15-18/h4-5,7-11,15,20H,2-3,6,12-14H2,1H3/t20-/m0/s1. The first-order valence-corrected chi connectivity index (χ1v) is 8.62. The van der Waals surface area contributed by atoms with Crippen molar-refractivity contribution < 1.29 is 9.53 Å². The van der Waals surface area contributed by atoms with Crippen molar-refractivity contribution in [2.75, 3.05) is 19.7 Å². The van der Waals surface area contributed by atoms with Crippen LogP contribution in [0.1, 0.15) is 48.1 Å². The molecule has 0 saturated carbocycles. The molecule has 0 aliphatic carbocycles. The summed E-state index contributed by atoms with van der Waals surface area (Å²) in [6, 6.07) is 12.0. The van der Waals surface area contributed by atoms with Gasteiger partial charge in [0.05, 0.1) is 0 Å². The van der Waals surface area contributed by atoms with Crippen LogP contribution in [-0.4, -0.2) is 35.4 Å². The number of ether oxygens (including phenoxy) is 1. The Morgan fingerprint density at radius 3 is 2.79 bits per heavy atom. The van der Waals surface area contributed by atoms with E-state index in [9.17, 15) is 4.79 Å². The fourth-order valence-corrected chi connectivity index (χ4v) is 3.28. The molecule has 4 heteroatoms. The third kappa shape index (κ3) is 4.20. The van der Waals surface area contributed by atoms with Gasteiger partial charge in [-0.3, -0.25) is 14.7 Å². The van der Waals surface area contributed by atoms with Crippen LogP contribution in [0.3, 0.4) is 0 Å². The number of benzene rings is 1. The van der Waals surface area contributed by atoms with Crippen LogP contribution in [0.5, 0.6) is 5.75 Å². The molecule has 1 aromatic heterocycles. The quantitative estimate of drug-likeness (QED) is 0.756. The number of rotatable bonds is 6. The van der Waals surface area contributed by atoms with Gasteiger partial charge in [-0.15, -0.1) is 0 Å². The Morgan fingerprint density at radius 2 is 2.08 bits per heavy atom. The lowest BCUT2D eigenvalue weighted by Crippen LogP contribution is -2.36. The average Bonchev–Trinajstić information content (AvgIpc) is 2.63. The van der Waals surface area contributed by atoms with E-state index in [0.717, 1.165) is 24.4 Å². The molecule has 1 saturated heterocycles. The Kier molecular flexibility index (Phi) is 5.59. The van der Waals surface area contributed by atoms with Crippen molar-refractivity contribution in [3.8, 4) is 5.75 Å². The van der Waals surface area contributed by atoms with Gasteiger partial charge in [0.15, 0.2) is 5.78 Å². The van der Waals surface area contributed by atoms with E-state index in [2.05, 4.69) is 16.0 Å². The zero-order valence-electron chi connectivity index (χ0n) is 14.1. The minimum atomic E-state index is 0.0779. The molecule has 0 amide bonds. The van der Waals surface area contributed by atoms with Crippen LogP contribution in [0.4, 0.5) is 0 Å². The molecule has 1 aromatic carbocycles. The Balaban J connectivity index is 1.55. The van der Waals surface area contributed by atoms with Gasteiger partial charge in [-0.1, -0.05) is 12.5 Å². The fraction of sp³-hybridized carbons (Fsp3) is 0.400. The van der Waals surface area contributed by atoms with Gasteiger partial charge in [0.2, 0.25) is 0 Å². The Bertz CT molecular complexity index is 655. The highest BCUT2D eigenvalue weighted by Gasteiger charge is 2.23. The van der Waals surface area contributed by atoms with Gasteiger partial charge in [-0.2, -0.15) is 0 Å². The normalized spacial score (nSPS) is 18.3. The number of likely N-dealkylation sites (tertiary alicyclic amines) is 1. The number of hydrogen-bond acceptors (Lipinski definition) is 4. The second-order valence-electron chi connectivity index (χ2n) is 6.26. The van der Waals surface area contributed by atoms with Gasteiger partial charge in [-0.05, 0) is 62.2 Å². The van der Waals surface area contributed by atoms with Crippen LogP contribution in [0, 0.1) is 0 Å². The lowest BCUT2D eigenvalue weighted by molar-refractivity contribution is 0.101. The minimum Gasteiger partial charge on any atom is -0.492 e. The number of nitrogens with zero attached hydrogens (tertiary/aromatic N) is 2. The molecule has 0 bridgehead atoms. The van der Waals surface area contributed by atoms with Gasteiger partial charge < -0.3 is 4.74 Å². The maximum Gasteiger partial charge on any atom is 0.159 e. The second kappa shape index (κ2) is 8.06. The highest BCUT2D eigenvalue weighted by atomic mass is 16.5. The van der Waals surface area contributed by atoms with Crippen molar-refractivity contribution in [2.45, 2.75) is 32.2 Å². The predicted octanol–water partition coefficient (Wildman–Crippen LogP) is 3.89. The first-order valence-electron chi connectivity index (χ1n) is 8.62. The van der Waals surface area contributed by atoms with Crippen molar-refractivity contribution in [1.82, 2.24) is 9.88 Å². The molecule has 1 atom stereocenters. The molecule has 0 unspecified atom stereocenters. The Labute approximate surface area is 143 Å². The Hall–Kier alpha value is -2.20. The third-order valence-corrected chi connectivity index (χ3v) is 4.59. The number of carbonyl (C=O) groups excluding carboxylic acids is 1. The molecule has 126 valence electrons. The van der Waals surface area contributed by atoms with Crippen molar-refractivity contribution in [2.24, 2.45) is 0 Å². The molecule has 2 heterocycles. The monoisotopic (exact) mass is 324 g/mol. The molecule has 1 fully saturated rings. The fourth-order valence-electron chi connectivity index (χ4n) is 3.28. The molecule has 0 spiro atoms. The number of ketones is 1. The molecule has 2 aromatic rings. The predicted molar refractivity (Wildman–Crippen MR) is 94.3 cm³/mol. The topological polar surface area (TPSA) is 42.4 Å². The summed E-state index contributed by atoms with van der Waals surface area (Å²) in [4.78, 5) is 18.0. The molecular weight excluding hydrogens is 300 g/mol. The van der Waals surface area contributed by atoms with E-state index in [1.165, 1.54) is 24.8 Å². The van der Waals surface area contributed by atoms with E-state index in [1.807, 2.05) is 42.7 Å². The molecule has 1 aliphatic heterocycles. The molecule has 24 heavy (non-hydrogen) atoms. The smallest absolute Gasteiger partial charge is 0.159 e. The summed E-state index contributed by atoms with van der Waals surface area (Å²) in [5.74, 6) is 0.893. The van der Waals surface area contributed by atoms with Gasteiger partial charge in [0.1, 0.15) is 12.4 Å². The molecule has 3 rings (SSSR count). The van der Waals surface area contributed by atoms with E-state index in [4.69, 9.17) is 4.74 Å². The first kappa shape index (κ1) is 16.7. The van der Waals surface area contributed by atoms with E-state index in [1.54, 1.807) is 6.92 Å². The van der Waals surface area contributed by atoms with Crippen LogP contribution < -0.4 is 4.74 Å². The molecular formula is C20H24N2O2.